The summed E-state index contributed by atoms with van der Waals surface area (Å²) >= 11 is 0. The molecule has 0 bridgehead atoms. The van der Waals surface area contributed by atoms with Crippen LogP contribution in [0.5, 0.6) is 0 Å². The van der Waals surface area contributed by atoms with Gasteiger partial charge in [0, 0.05) is 39.2 Å². The number of hydrogen-bond donors (Lipinski definition) is 0. The Balaban J connectivity index is 1.51. The van der Waals surface area contributed by atoms with Crippen molar-refractivity contribution in [3.8, 4) is 0 Å². The van der Waals surface area contributed by atoms with E-state index in [1.165, 1.54) is 0 Å². The lowest BCUT2D eigenvalue weighted by molar-refractivity contribution is 0.0204. The molecule has 2 aliphatic heterocycles. The van der Waals surface area contributed by atoms with Crippen LogP contribution in [0.25, 0.3) is 0 Å². The van der Waals surface area contributed by atoms with Crippen LogP contribution in [0.4, 0.5) is 10.6 Å². The molecule has 2 fully saturated rings. The van der Waals surface area contributed by atoms with E-state index >= 15 is 0 Å². The van der Waals surface area contributed by atoms with Crippen molar-refractivity contribution in [2.45, 2.75) is 64.1 Å². The zero-order valence-corrected chi connectivity index (χ0v) is 17.0. The van der Waals surface area contributed by atoms with Gasteiger partial charge in [-0.25, -0.2) is 4.79 Å². The van der Waals surface area contributed by atoms with Gasteiger partial charge in [0.2, 0.25) is 0 Å². The molecule has 27 heavy (non-hydrogen) atoms. The number of ether oxygens (including phenoxy) is 2. The van der Waals surface area contributed by atoms with Crippen molar-refractivity contribution in [1.82, 2.24) is 15.1 Å². The Morgan fingerprint density at radius 3 is 2.22 bits per heavy atom. The maximum Gasteiger partial charge on any atom is 0.410 e. The number of hydrogen-bond acceptors (Lipinski definition) is 6. The highest BCUT2D eigenvalue weighted by Crippen LogP contribution is 2.28. The number of amides is 1. The average Bonchev–Trinajstić information content (AvgIpc) is 2.67. The SMILES string of the molecule is COC1CCN(c2ccc(C3CCN(C(=O)OC(C)(C)C)CC3)nn2)CC1. The second kappa shape index (κ2) is 8.42. The summed E-state index contributed by atoms with van der Waals surface area (Å²) in [6, 6.07) is 4.17. The predicted molar refractivity (Wildman–Crippen MR) is 104 cm³/mol. The molecule has 2 aliphatic rings. The fourth-order valence-corrected chi connectivity index (χ4v) is 3.73. The third-order valence-corrected chi connectivity index (χ3v) is 5.34. The normalized spacial score (nSPS) is 20.0. The summed E-state index contributed by atoms with van der Waals surface area (Å²) in [4.78, 5) is 16.3. The largest absolute Gasteiger partial charge is 0.444 e. The molecule has 2 saturated heterocycles. The highest BCUT2D eigenvalue weighted by Gasteiger charge is 2.28. The summed E-state index contributed by atoms with van der Waals surface area (Å²) in [5.41, 5.74) is 0.571. The number of methoxy groups -OCH3 is 1. The minimum Gasteiger partial charge on any atom is -0.444 e. The summed E-state index contributed by atoms with van der Waals surface area (Å²) in [5, 5.41) is 8.95. The van der Waals surface area contributed by atoms with Crippen molar-refractivity contribution < 1.29 is 14.3 Å². The fraction of sp³-hybridized carbons (Fsp3) is 0.750. The summed E-state index contributed by atoms with van der Waals surface area (Å²) < 4.78 is 10.9. The van der Waals surface area contributed by atoms with Crippen LogP contribution in [0.15, 0.2) is 12.1 Å². The van der Waals surface area contributed by atoms with Gasteiger partial charge in [0.25, 0.3) is 0 Å². The van der Waals surface area contributed by atoms with Gasteiger partial charge in [-0.05, 0) is 58.6 Å². The number of piperidine rings is 2. The third kappa shape index (κ3) is 5.31. The topological polar surface area (TPSA) is 67.8 Å². The molecule has 150 valence electrons. The zero-order chi connectivity index (χ0) is 19.4. The van der Waals surface area contributed by atoms with Crippen molar-refractivity contribution >= 4 is 11.9 Å². The predicted octanol–water partition coefficient (Wildman–Crippen LogP) is 3.21. The van der Waals surface area contributed by atoms with E-state index in [0.717, 1.165) is 50.3 Å². The Kier molecular flexibility index (Phi) is 6.19. The number of rotatable bonds is 3. The van der Waals surface area contributed by atoms with Crippen LogP contribution >= 0.6 is 0 Å². The van der Waals surface area contributed by atoms with Crippen LogP contribution in [-0.4, -0.2) is 66.2 Å². The van der Waals surface area contributed by atoms with E-state index in [1.54, 1.807) is 12.0 Å². The molecular formula is C20H32N4O3. The van der Waals surface area contributed by atoms with E-state index in [-0.39, 0.29) is 6.09 Å². The highest BCUT2D eigenvalue weighted by atomic mass is 16.6. The number of carbonyl (C=O) groups is 1. The first-order valence-electron chi connectivity index (χ1n) is 9.95. The maximum atomic E-state index is 12.2. The molecule has 7 nitrogen and oxygen atoms in total. The monoisotopic (exact) mass is 376 g/mol. The lowest BCUT2D eigenvalue weighted by Crippen LogP contribution is -2.41. The summed E-state index contributed by atoms with van der Waals surface area (Å²) in [7, 11) is 1.78. The molecule has 0 saturated carbocycles. The molecule has 0 aromatic carbocycles. The van der Waals surface area contributed by atoms with Gasteiger partial charge >= 0.3 is 6.09 Å². The third-order valence-electron chi connectivity index (χ3n) is 5.34. The average molecular weight is 377 g/mol. The van der Waals surface area contributed by atoms with Crippen molar-refractivity contribution in [3.05, 3.63) is 17.8 Å². The van der Waals surface area contributed by atoms with E-state index in [9.17, 15) is 4.79 Å². The molecule has 0 radical (unpaired) electrons. The molecule has 0 N–H and O–H groups in total. The number of nitrogens with zero attached hydrogens (tertiary/aromatic N) is 4. The van der Waals surface area contributed by atoms with Crippen LogP contribution in [0, 0.1) is 0 Å². The maximum absolute atomic E-state index is 12.2. The first-order chi connectivity index (χ1) is 12.9. The lowest BCUT2D eigenvalue weighted by Gasteiger charge is -2.33. The molecule has 1 aromatic heterocycles. The Labute approximate surface area is 162 Å². The van der Waals surface area contributed by atoms with E-state index in [0.29, 0.717) is 25.1 Å². The highest BCUT2D eigenvalue weighted by molar-refractivity contribution is 5.68. The van der Waals surface area contributed by atoms with Crippen molar-refractivity contribution in [2.24, 2.45) is 0 Å². The first kappa shape index (κ1) is 19.9. The van der Waals surface area contributed by atoms with Crippen LogP contribution < -0.4 is 4.90 Å². The summed E-state index contributed by atoms with van der Waals surface area (Å²) in [5.74, 6) is 1.30. The smallest absolute Gasteiger partial charge is 0.410 e. The summed E-state index contributed by atoms with van der Waals surface area (Å²) in [6.07, 6.45) is 4.00. The van der Waals surface area contributed by atoms with E-state index in [4.69, 9.17) is 9.47 Å². The number of likely N-dealkylation sites (tertiary alicyclic amines) is 1. The fourth-order valence-electron chi connectivity index (χ4n) is 3.73. The van der Waals surface area contributed by atoms with Crippen LogP contribution in [0.2, 0.25) is 0 Å². The molecule has 1 amide bonds. The standard InChI is InChI=1S/C20H32N4O3/c1-20(2,3)27-19(25)24-11-7-15(8-12-24)17-5-6-18(22-21-17)23-13-9-16(26-4)10-14-23/h5-6,15-16H,7-14H2,1-4H3. The lowest BCUT2D eigenvalue weighted by atomic mass is 9.93. The van der Waals surface area contributed by atoms with Gasteiger partial charge in [0.15, 0.2) is 5.82 Å². The molecule has 3 heterocycles. The van der Waals surface area contributed by atoms with E-state index in [1.807, 2.05) is 20.8 Å². The van der Waals surface area contributed by atoms with Crippen molar-refractivity contribution in [3.63, 3.8) is 0 Å². The van der Waals surface area contributed by atoms with Crippen molar-refractivity contribution in [1.29, 1.82) is 0 Å². The van der Waals surface area contributed by atoms with Gasteiger partial charge in [-0.3, -0.25) is 0 Å². The summed E-state index contributed by atoms with van der Waals surface area (Å²) in [6.45, 7) is 9.01. The second-order valence-electron chi connectivity index (χ2n) is 8.48. The van der Waals surface area contributed by atoms with Gasteiger partial charge in [-0.2, -0.15) is 5.10 Å². The Morgan fingerprint density at radius 1 is 1.04 bits per heavy atom. The van der Waals surface area contributed by atoms with Crippen LogP contribution in [0.1, 0.15) is 58.1 Å². The molecule has 7 heteroatoms. The Bertz CT molecular complexity index is 613. The van der Waals surface area contributed by atoms with E-state index < -0.39 is 5.60 Å². The molecular weight excluding hydrogens is 344 g/mol. The van der Waals surface area contributed by atoms with Gasteiger partial charge in [-0.15, -0.1) is 5.10 Å². The molecule has 0 spiro atoms. The molecule has 0 unspecified atom stereocenters. The zero-order valence-electron chi connectivity index (χ0n) is 17.0. The van der Waals surface area contributed by atoms with Gasteiger partial charge in [0.1, 0.15) is 5.60 Å². The Hall–Kier alpha value is -1.89. The van der Waals surface area contributed by atoms with Gasteiger partial charge < -0.3 is 19.3 Å². The molecule has 0 aliphatic carbocycles. The number of aromatic nitrogens is 2. The van der Waals surface area contributed by atoms with Gasteiger partial charge in [0.05, 0.1) is 11.8 Å². The van der Waals surface area contributed by atoms with Crippen LogP contribution in [-0.2, 0) is 9.47 Å². The molecule has 3 rings (SSSR count). The van der Waals surface area contributed by atoms with Gasteiger partial charge in [-0.1, -0.05) is 0 Å². The molecule has 0 atom stereocenters. The second-order valence-corrected chi connectivity index (χ2v) is 8.48. The molecule has 1 aromatic rings. The van der Waals surface area contributed by atoms with E-state index in [2.05, 4.69) is 27.2 Å². The van der Waals surface area contributed by atoms with Crippen LogP contribution in [0.3, 0.4) is 0 Å². The first-order valence-corrected chi connectivity index (χ1v) is 9.95. The van der Waals surface area contributed by atoms with Crippen molar-refractivity contribution in [2.75, 3.05) is 38.2 Å². The minimum atomic E-state index is -0.451. The number of anilines is 1. The Morgan fingerprint density at radius 2 is 1.70 bits per heavy atom. The number of carbonyl (C=O) groups excluding carboxylic acids is 1. The quantitative estimate of drug-likeness (QED) is 0.807. The minimum absolute atomic E-state index is 0.221.